The molecule has 1 atom stereocenters. The summed E-state index contributed by atoms with van der Waals surface area (Å²) in [5, 5.41) is 7.75. The molecule has 1 aromatic heterocycles. The molecule has 1 unspecified atom stereocenters. The highest BCUT2D eigenvalue weighted by atomic mass is 16.2. The minimum absolute atomic E-state index is 0.0931. The Hall–Kier alpha value is -1.36. The van der Waals surface area contributed by atoms with Crippen LogP contribution in [0.4, 0.5) is 0 Å². The second-order valence-electron chi connectivity index (χ2n) is 6.19. The van der Waals surface area contributed by atoms with E-state index in [9.17, 15) is 4.79 Å². The predicted molar refractivity (Wildman–Crippen MR) is 79.7 cm³/mol. The Morgan fingerprint density at radius 1 is 1.60 bits per heavy atom. The van der Waals surface area contributed by atoms with Gasteiger partial charge in [-0.25, -0.2) is 0 Å². The smallest absolute Gasteiger partial charge is 0.272 e. The van der Waals surface area contributed by atoms with Gasteiger partial charge in [-0.05, 0) is 38.3 Å². The summed E-state index contributed by atoms with van der Waals surface area (Å²) < 4.78 is 1.69. The fraction of sp³-hybridized carbons (Fsp3) is 0.733. The van der Waals surface area contributed by atoms with Crippen LogP contribution in [0.3, 0.4) is 0 Å². The number of carbonyl (C=O) groups excluding carboxylic acids is 1. The summed E-state index contributed by atoms with van der Waals surface area (Å²) in [5.41, 5.74) is 1.57. The van der Waals surface area contributed by atoms with E-state index in [2.05, 4.69) is 24.3 Å². The summed E-state index contributed by atoms with van der Waals surface area (Å²) in [5.74, 6) is 0.560. The summed E-state index contributed by atoms with van der Waals surface area (Å²) in [6, 6.07) is 2.31. The highest BCUT2D eigenvalue weighted by Gasteiger charge is 2.24. The topological polar surface area (TPSA) is 50.2 Å². The van der Waals surface area contributed by atoms with Gasteiger partial charge in [0.05, 0.1) is 5.69 Å². The van der Waals surface area contributed by atoms with Crippen LogP contribution in [0.1, 0.15) is 42.9 Å². The maximum atomic E-state index is 12.7. The van der Waals surface area contributed by atoms with Gasteiger partial charge in [0, 0.05) is 26.2 Å². The molecule has 112 valence electrons. The molecule has 5 nitrogen and oxygen atoms in total. The summed E-state index contributed by atoms with van der Waals surface area (Å²) in [6.45, 7) is 8.87. The molecule has 0 spiro atoms. The van der Waals surface area contributed by atoms with Crippen LogP contribution in [0.25, 0.3) is 0 Å². The number of hydrogen-bond acceptors (Lipinski definition) is 3. The van der Waals surface area contributed by atoms with Crippen molar-refractivity contribution in [1.82, 2.24) is 20.0 Å². The SMILES string of the molecule is Cc1cc(C(=O)N(CC(C)C)CC2CCCN2)n(C)n1. The number of hydrogen-bond donors (Lipinski definition) is 1. The molecule has 0 saturated carbocycles. The zero-order valence-electron chi connectivity index (χ0n) is 13.0. The Morgan fingerprint density at radius 2 is 2.35 bits per heavy atom. The summed E-state index contributed by atoms with van der Waals surface area (Å²) in [6.07, 6.45) is 2.37. The molecule has 1 fully saturated rings. The average molecular weight is 278 g/mol. The third-order valence-electron chi connectivity index (χ3n) is 3.70. The van der Waals surface area contributed by atoms with Crippen molar-refractivity contribution in [2.45, 2.75) is 39.7 Å². The fourth-order valence-corrected chi connectivity index (χ4v) is 2.83. The number of amides is 1. The van der Waals surface area contributed by atoms with Crippen LogP contribution in [0.15, 0.2) is 6.07 Å². The van der Waals surface area contributed by atoms with Crippen LogP contribution in [0, 0.1) is 12.8 Å². The standard InChI is InChI=1S/C15H26N4O/c1-11(2)9-19(10-13-6-5-7-16-13)15(20)14-8-12(3)17-18(14)4/h8,11,13,16H,5-7,9-10H2,1-4H3. The number of carbonyl (C=O) groups is 1. The first-order valence-corrected chi connectivity index (χ1v) is 7.50. The van der Waals surface area contributed by atoms with Crippen molar-refractivity contribution in [2.24, 2.45) is 13.0 Å². The first kappa shape index (κ1) is 15.0. The summed E-state index contributed by atoms with van der Waals surface area (Å²) in [4.78, 5) is 14.7. The van der Waals surface area contributed by atoms with Crippen molar-refractivity contribution in [3.05, 3.63) is 17.5 Å². The molecule has 1 aliphatic heterocycles. The van der Waals surface area contributed by atoms with Crippen LogP contribution >= 0.6 is 0 Å². The zero-order valence-corrected chi connectivity index (χ0v) is 13.0. The zero-order chi connectivity index (χ0) is 14.7. The van der Waals surface area contributed by atoms with Gasteiger partial charge in [-0.2, -0.15) is 5.10 Å². The fourth-order valence-electron chi connectivity index (χ4n) is 2.83. The number of aromatic nitrogens is 2. The van der Waals surface area contributed by atoms with Crippen molar-refractivity contribution in [3.63, 3.8) is 0 Å². The van der Waals surface area contributed by atoms with E-state index in [-0.39, 0.29) is 5.91 Å². The largest absolute Gasteiger partial charge is 0.336 e. The first-order valence-electron chi connectivity index (χ1n) is 7.50. The Labute approximate surface area is 121 Å². The van der Waals surface area contributed by atoms with Gasteiger partial charge in [0.2, 0.25) is 0 Å². The third-order valence-corrected chi connectivity index (χ3v) is 3.70. The molecule has 2 rings (SSSR count). The summed E-state index contributed by atoms with van der Waals surface area (Å²) in [7, 11) is 1.83. The lowest BCUT2D eigenvalue weighted by atomic mass is 10.1. The number of nitrogens with one attached hydrogen (secondary N) is 1. The number of aryl methyl sites for hydroxylation is 2. The van der Waals surface area contributed by atoms with Crippen molar-refractivity contribution >= 4 is 5.91 Å². The van der Waals surface area contributed by atoms with E-state index in [1.54, 1.807) is 4.68 Å². The molecule has 1 N–H and O–H groups in total. The van der Waals surface area contributed by atoms with E-state index in [1.165, 1.54) is 6.42 Å². The molecule has 1 aliphatic rings. The van der Waals surface area contributed by atoms with E-state index < -0.39 is 0 Å². The predicted octanol–water partition coefficient (Wildman–Crippen LogP) is 1.58. The molecule has 0 radical (unpaired) electrons. The lowest BCUT2D eigenvalue weighted by Crippen LogP contribution is -2.43. The normalized spacial score (nSPS) is 18.8. The third kappa shape index (κ3) is 3.60. The van der Waals surface area contributed by atoms with E-state index in [4.69, 9.17) is 0 Å². The van der Waals surface area contributed by atoms with Crippen molar-refractivity contribution in [2.75, 3.05) is 19.6 Å². The van der Waals surface area contributed by atoms with E-state index in [1.807, 2.05) is 24.9 Å². The molecular weight excluding hydrogens is 252 g/mol. The maximum absolute atomic E-state index is 12.7. The van der Waals surface area contributed by atoms with Gasteiger partial charge in [0.1, 0.15) is 5.69 Å². The van der Waals surface area contributed by atoms with Crippen LogP contribution < -0.4 is 5.32 Å². The quantitative estimate of drug-likeness (QED) is 0.889. The van der Waals surface area contributed by atoms with Crippen LogP contribution in [0.2, 0.25) is 0 Å². The van der Waals surface area contributed by atoms with Gasteiger partial charge < -0.3 is 10.2 Å². The van der Waals surface area contributed by atoms with Gasteiger partial charge in [-0.15, -0.1) is 0 Å². The Bertz CT molecular complexity index is 460. The monoisotopic (exact) mass is 278 g/mol. The molecule has 0 aromatic carbocycles. The first-order chi connectivity index (χ1) is 9.47. The highest BCUT2D eigenvalue weighted by Crippen LogP contribution is 2.13. The Kier molecular flexibility index (Phi) is 4.81. The Morgan fingerprint density at radius 3 is 2.85 bits per heavy atom. The molecule has 1 amide bonds. The van der Waals surface area contributed by atoms with E-state index in [0.29, 0.717) is 17.7 Å². The summed E-state index contributed by atoms with van der Waals surface area (Å²) >= 11 is 0. The maximum Gasteiger partial charge on any atom is 0.272 e. The Balaban J connectivity index is 2.12. The second-order valence-corrected chi connectivity index (χ2v) is 6.19. The molecule has 5 heteroatoms. The van der Waals surface area contributed by atoms with Gasteiger partial charge in [0.25, 0.3) is 5.91 Å². The van der Waals surface area contributed by atoms with Crippen molar-refractivity contribution in [3.8, 4) is 0 Å². The van der Waals surface area contributed by atoms with Gasteiger partial charge >= 0.3 is 0 Å². The van der Waals surface area contributed by atoms with E-state index in [0.717, 1.165) is 31.7 Å². The molecule has 1 saturated heterocycles. The molecule has 0 bridgehead atoms. The van der Waals surface area contributed by atoms with Gasteiger partial charge in [0.15, 0.2) is 0 Å². The molecule has 20 heavy (non-hydrogen) atoms. The van der Waals surface area contributed by atoms with Crippen molar-refractivity contribution in [1.29, 1.82) is 0 Å². The second kappa shape index (κ2) is 6.39. The van der Waals surface area contributed by atoms with Crippen molar-refractivity contribution < 1.29 is 4.79 Å². The van der Waals surface area contributed by atoms with Gasteiger partial charge in [-0.3, -0.25) is 9.48 Å². The van der Waals surface area contributed by atoms with E-state index >= 15 is 0 Å². The van der Waals surface area contributed by atoms with Crippen LogP contribution in [-0.4, -0.2) is 46.3 Å². The van der Waals surface area contributed by atoms with Gasteiger partial charge in [-0.1, -0.05) is 13.8 Å². The molecule has 2 heterocycles. The lowest BCUT2D eigenvalue weighted by Gasteiger charge is -2.27. The molecule has 0 aliphatic carbocycles. The van der Waals surface area contributed by atoms with Crippen LogP contribution in [-0.2, 0) is 7.05 Å². The number of nitrogens with zero attached hydrogens (tertiary/aromatic N) is 3. The minimum atomic E-state index is 0.0931. The molecular formula is C15H26N4O. The lowest BCUT2D eigenvalue weighted by molar-refractivity contribution is 0.0710. The highest BCUT2D eigenvalue weighted by molar-refractivity contribution is 5.92. The average Bonchev–Trinajstić information content (AvgIpc) is 2.96. The minimum Gasteiger partial charge on any atom is -0.336 e. The van der Waals surface area contributed by atoms with Crippen LogP contribution in [0.5, 0.6) is 0 Å². The number of rotatable bonds is 5. The molecule has 1 aromatic rings.